The van der Waals surface area contributed by atoms with Crippen LogP contribution in [0.25, 0.3) is 10.8 Å². The number of rotatable bonds is 5. The molecule has 1 atom stereocenters. The van der Waals surface area contributed by atoms with Crippen LogP contribution in [0.1, 0.15) is 13.3 Å². The Morgan fingerprint density at radius 1 is 1.35 bits per heavy atom. The molecule has 8 heteroatoms. The molecule has 0 fully saturated rings. The minimum absolute atomic E-state index is 0.000702. The molecule has 1 heterocycles. The number of hydrogen-bond donors (Lipinski definition) is 1. The third-order valence-corrected chi connectivity index (χ3v) is 6.55. The Balaban J connectivity index is 2.40. The summed E-state index contributed by atoms with van der Waals surface area (Å²) in [5.74, 6) is -1.42. The van der Waals surface area contributed by atoms with Crippen LogP contribution >= 0.6 is 15.9 Å². The molecule has 23 heavy (non-hydrogen) atoms. The fraction of sp³-hybridized carbons (Fsp3) is 0.333. The number of fused-ring (bicyclic) bond motifs is 1. The third kappa shape index (κ3) is 3.32. The number of aliphatic carboxylic acids is 1. The molecule has 0 amide bonds. The summed E-state index contributed by atoms with van der Waals surface area (Å²) in [4.78, 5) is 23.8. The molecule has 1 unspecified atom stereocenters. The van der Waals surface area contributed by atoms with Crippen molar-refractivity contribution in [2.75, 3.05) is 6.26 Å². The van der Waals surface area contributed by atoms with Gasteiger partial charge in [-0.15, -0.1) is 0 Å². The van der Waals surface area contributed by atoms with Crippen molar-refractivity contribution in [3.05, 3.63) is 45.3 Å². The molecule has 1 aromatic heterocycles. The van der Waals surface area contributed by atoms with Gasteiger partial charge in [0.15, 0.2) is 14.6 Å². The van der Waals surface area contributed by atoms with Crippen molar-refractivity contribution in [1.29, 1.82) is 0 Å². The number of halogens is 1. The van der Waals surface area contributed by atoms with Crippen LogP contribution in [0.15, 0.2) is 39.7 Å². The third-order valence-electron chi connectivity index (χ3n) is 4.04. The molecule has 0 bridgehead atoms. The van der Waals surface area contributed by atoms with E-state index in [1.807, 2.05) is 0 Å². The van der Waals surface area contributed by atoms with Gasteiger partial charge >= 0.3 is 5.97 Å². The molecule has 0 saturated heterocycles. The number of aryl methyl sites for hydroxylation is 1. The van der Waals surface area contributed by atoms with E-state index in [2.05, 4.69) is 15.9 Å². The molecular formula is C15H16BrNO5S. The number of sulfone groups is 1. The largest absolute Gasteiger partial charge is 0.480 e. The number of hydrogen-bond acceptors (Lipinski definition) is 4. The molecule has 124 valence electrons. The summed E-state index contributed by atoms with van der Waals surface area (Å²) in [5.41, 5.74) is -0.281. The van der Waals surface area contributed by atoms with Crippen molar-refractivity contribution in [3.63, 3.8) is 0 Å². The quantitative estimate of drug-likeness (QED) is 0.826. The topological polar surface area (TPSA) is 93.4 Å². The average Bonchev–Trinajstić information content (AvgIpc) is 2.44. The molecule has 6 nitrogen and oxygen atoms in total. The summed E-state index contributed by atoms with van der Waals surface area (Å²) in [6, 6.07) is 6.95. The number of carboxylic acid groups (broad SMARTS) is 1. The fourth-order valence-corrected chi connectivity index (χ4v) is 3.38. The lowest BCUT2D eigenvalue weighted by molar-refractivity contribution is -0.139. The monoisotopic (exact) mass is 401 g/mol. The van der Waals surface area contributed by atoms with E-state index in [1.165, 1.54) is 4.57 Å². The second-order valence-corrected chi connectivity index (χ2v) is 8.97. The number of carboxylic acids is 1. The Morgan fingerprint density at radius 2 is 2.00 bits per heavy atom. The number of nitrogens with zero attached hydrogens (tertiary/aromatic N) is 1. The Morgan fingerprint density at radius 3 is 2.57 bits per heavy atom. The molecular weight excluding hydrogens is 386 g/mol. The van der Waals surface area contributed by atoms with Gasteiger partial charge in [0.25, 0.3) is 5.56 Å². The molecule has 0 saturated carbocycles. The van der Waals surface area contributed by atoms with E-state index in [4.69, 9.17) is 0 Å². The summed E-state index contributed by atoms with van der Waals surface area (Å²) in [7, 11) is -3.82. The first kappa shape index (κ1) is 17.7. The van der Waals surface area contributed by atoms with Gasteiger partial charge in [0.05, 0.1) is 0 Å². The lowest BCUT2D eigenvalue weighted by Crippen LogP contribution is -2.44. The van der Waals surface area contributed by atoms with Gasteiger partial charge in [-0.05, 0) is 43.0 Å². The van der Waals surface area contributed by atoms with Gasteiger partial charge in [0.2, 0.25) is 0 Å². The maximum absolute atomic E-state index is 12.4. The van der Waals surface area contributed by atoms with Crippen LogP contribution in [0.3, 0.4) is 0 Å². The van der Waals surface area contributed by atoms with Crippen molar-refractivity contribution < 1.29 is 18.3 Å². The summed E-state index contributed by atoms with van der Waals surface area (Å²) in [5, 5.41) is 10.5. The molecule has 0 radical (unpaired) electrons. The van der Waals surface area contributed by atoms with Crippen molar-refractivity contribution in [2.24, 2.45) is 0 Å². The van der Waals surface area contributed by atoms with E-state index in [-0.39, 0.29) is 18.5 Å². The Kier molecular flexibility index (Phi) is 4.68. The molecule has 1 aromatic carbocycles. The number of carbonyl (C=O) groups is 1. The van der Waals surface area contributed by atoms with Crippen LogP contribution in [-0.2, 0) is 21.2 Å². The maximum Gasteiger partial charge on any atom is 0.324 e. The van der Waals surface area contributed by atoms with Gasteiger partial charge in [-0.25, -0.2) is 8.42 Å². The molecule has 1 N–H and O–H groups in total. The van der Waals surface area contributed by atoms with Crippen LogP contribution in [0.2, 0.25) is 0 Å². The van der Waals surface area contributed by atoms with Crippen LogP contribution in [0, 0.1) is 0 Å². The second kappa shape index (κ2) is 6.09. The van der Waals surface area contributed by atoms with Crippen LogP contribution in [-0.4, -0.2) is 35.1 Å². The van der Waals surface area contributed by atoms with Gasteiger partial charge in [-0.3, -0.25) is 9.59 Å². The minimum atomic E-state index is -3.82. The van der Waals surface area contributed by atoms with Crippen LogP contribution < -0.4 is 5.56 Å². The van der Waals surface area contributed by atoms with Crippen LogP contribution in [0.4, 0.5) is 0 Å². The van der Waals surface area contributed by atoms with Gasteiger partial charge in [-0.1, -0.05) is 15.9 Å². The van der Waals surface area contributed by atoms with Gasteiger partial charge in [0.1, 0.15) is 0 Å². The summed E-state index contributed by atoms with van der Waals surface area (Å²) >= 11 is 3.33. The first-order chi connectivity index (χ1) is 10.6. The smallest absolute Gasteiger partial charge is 0.324 e. The SMILES string of the molecule is CC(CCn1ccc2cc(Br)ccc2c1=O)(C(=O)O)S(C)(=O)=O. The zero-order chi connectivity index (χ0) is 17.4. The predicted octanol–water partition coefficient (Wildman–Crippen LogP) is 2.04. The Hall–Kier alpha value is -1.67. The molecule has 0 aliphatic rings. The minimum Gasteiger partial charge on any atom is -0.480 e. The van der Waals surface area contributed by atoms with E-state index >= 15 is 0 Å². The Labute approximate surface area is 141 Å². The zero-order valence-corrected chi connectivity index (χ0v) is 15.0. The van der Waals surface area contributed by atoms with Crippen molar-refractivity contribution in [2.45, 2.75) is 24.6 Å². The molecule has 0 aliphatic carbocycles. The lowest BCUT2D eigenvalue weighted by atomic mass is 10.1. The van der Waals surface area contributed by atoms with Crippen LogP contribution in [0.5, 0.6) is 0 Å². The first-order valence-electron chi connectivity index (χ1n) is 6.78. The number of aromatic nitrogens is 1. The fourth-order valence-electron chi connectivity index (χ4n) is 2.22. The summed E-state index contributed by atoms with van der Waals surface area (Å²) in [6.07, 6.45) is 2.24. The van der Waals surface area contributed by atoms with Crippen molar-refractivity contribution >= 4 is 42.5 Å². The van der Waals surface area contributed by atoms with Gasteiger partial charge in [0, 0.05) is 28.9 Å². The Bertz CT molecular complexity index is 935. The summed E-state index contributed by atoms with van der Waals surface area (Å²) < 4.78 is 23.8. The zero-order valence-electron chi connectivity index (χ0n) is 12.6. The highest BCUT2D eigenvalue weighted by Gasteiger charge is 2.43. The van der Waals surface area contributed by atoms with E-state index < -0.39 is 20.6 Å². The van der Waals surface area contributed by atoms with Crippen molar-refractivity contribution in [3.8, 4) is 0 Å². The summed E-state index contributed by atoms with van der Waals surface area (Å²) in [6.45, 7) is 1.16. The van der Waals surface area contributed by atoms with Gasteiger partial charge in [-0.2, -0.15) is 0 Å². The van der Waals surface area contributed by atoms with E-state index in [1.54, 1.807) is 30.5 Å². The predicted molar refractivity (Wildman–Crippen MR) is 91.4 cm³/mol. The molecule has 0 spiro atoms. The molecule has 2 aromatic rings. The van der Waals surface area contributed by atoms with E-state index in [9.17, 15) is 23.1 Å². The second-order valence-electron chi connectivity index (χ2n) is 5.60. The normalized spacial score (nSPS) is 14.6. The highest BCUT2D eigenvalue weighted by atomic mass is 79.9. The van der Waals surface area contributed by atoms with Gasteiger partial charge < -0.3 is 9.67 Å². The van der Waals surface area contributed by atoms with Crippen molar-refractivity contribution in [1.82, 2.24) is 4.57 Å². The molecule has 0 aliphatic heterocycles. The maximum atomic E-state index is 12.4. The average molecular weight is 402 g/mol. The highest BCUT2D eigenvalue weighted by Crippen LogP contribution is 2.22. The first-order valence-corrected chi connectivity index (χ1v) is 9.46. The van der Waals surface area contributed by atoms with E-state index in [0.29, 0.717) is 5.39 Å². The lowest BCUT2D eigenvalue weighted by Gasteiger charge is -2.23. The standard InChI is InChI=1S/C15H16BrNO5S/c1-15(14(19)20,23(2,21)22)6-8-17-7-5-10-9-11(16)3-4-12(10)13(17)18/h3-5,7,9H,6,8H2,1-2H3,(H,19,20). The number of pyridine rings is 1. The highest BCUT2D eigenvalue weighted by molar-refractivity contribution is 9.10. The van der Waals surface area contributed by atoms with E-state index in [0.717, 1.165) is 23.0 Å². The number of benzene rings is 1. The molecule has 2 rings (SSSR count).